The first kappa shape index (κ1) is 15.6. The highest BCUT2D eigenvalue weighted by atomic mass is 32.2. The molecule has 6 nitrogen and oxygen atoms in total. The summed E-state index contributed by atoms with van der Waals surface area (Å²) in [5.74, 6) is -0.493. The minimum absolute atomic E-state index is 0.381. The Kier molecular flexibility index (Phi) is 4.39. The second kappa shape index (κ2) is 6.47. The lowest BCUT2D eigenvalue weighted by atomic mass is 10.1. The van der Waals surface area contributed by atoms with E-state index in [9.17, 15) is 9.18 Å². The fourth-order valence-corrected chi connectivity index (χ4v) is 3.50. The summed E-state index contributed by atoms with van der Waals surface area (Å²) >= 11 is 2.93. The van der Waals surface area contributed by atoms with Crippen molar-refractivity contribution in [3.8, 4) is 0 Å². The maximum atomic E-state index is 13.1. The molecule has 0 saturated heterocycles. The van der Waals surface area contributed by atoms with Crippen LogP contribution in [0.1, 0.15) is 11.6 Å². The van der Waals surface area contributed by atoms with Gasteiger partial charge in [0, 0.05) is 0 Å². The van der Waals surface area contributed by atoms with Crippen molar-refractivity contribution in [3.63, 3.8) is 0 Å². The van der Waals surface area contributed by atoms with Crippen LogP contribution in [-0.2, 0) is 4.79 Å². The Balaban J connectivity index is 1.99. The number of carbonyl (C=O) groups is 1. The van der Waals surface area contributed by atoms with Gasteiger partial charge in [-0.05, 0) is 24.0 Å². The number of fused-ring (bicyclic) bond motifs is 1. The van der Waals surface area contributed by atoms with Gasteiger partial charge >= 0.3 is 0 Å². The average Bonchev–Trinajstić information content (AvgIpc) is 2.97. The summed E-state index contributed by atoms with van der Waals surface area (Å²) in [5.41, 5.74) is 6.59. The van der Waals surface area contributed by atoms with Gasteiger partial charge in [0.2, 0.25) is 5.91 Å². The molecule has 1 unspecified atom stereocenters. The van der Waals surface area contributed by atoms with Crippen LogP contribution < -0.4 is 11.1 Å². The summed E-state index contributed by atoms with van der Waals surface area (Å²) in [5, 5.41) is 3.01. The number of nitrogens with two attached hydrogens (primary N) is 1. The summed E-state index contributed by atoms with van der Waals surface area (Å²) in [6.45, 7) is 0. The molecule has 3 rings (SSSR count). The monoisotopic (exact) mass is 349 g/mol. The molecule has 0 aliphatic rings. The molecule has 3 aromatic rings. The number of halogens is 1. The number of anilines is 1. The fourth-order valence-electron chi connectivity index (χ4n) is 2.04. The molecular weight excluding hydrogens is 337 g/mol. The predicted octanol–water partition coefficient (Wildman–Crippen LogP) is 2.59. The summed E-state index contributed by atoms with van der Waals surface area (Å²) in [4.78, 5) is 24.4. The van der Waals surface area contributed by atoms with Crippen LogP contribution in [0.25, 0.3) is 10.3 Å². The highest BCUT2D eigenvalue weighted by molar-refractivity contribution is 8.00. The van der Waals surface area contributed by atoms with E-state index in [1.807, 2.05) is 6.26 Å². The first-order valence-corrected chi connectivity index (χ1v) is 8.59. The molecule has 1 aromatic carbocycles. The predicted molar refractivity (Wildman–Crippen MR) is 88.9 cm³/mol. The number of hydrogen-bond acceptors (Lipinski definition) is 7. The van der Waals surface area contributed by atoms with Crippen molar-refractivity contribution in [1.82, 2.24) is 15.0 Å². The van der Waals surface area contributed by atoms with Crippen molar-refractivity contribution < 1.29 is 9.18 Å². The number of amides is 1. The fraction of sp³-hybridized carbons (Fsp3) is 0.143. The molecule has 0 saturated carbocycles. The Hall–Kier alpha value is -2.26. The van der Waals surface area contributed by atoms with E-state index in [0.717, 1.165) is 9.04 Å². The van der Waals surface area contributed by atoms with Gasteiger partial charge in [-0.2, -0.15) is 0 Å². The Labute approximate surface area is 139 Å². The van der Waals surface area contributed by atoms with E-state index in [0.29, 0.717) is 17.0 Å². The van der Waals surface area contributed by atoms with Gasteiger partial charge in [0.15, 0.2) is 9.99 Å². The molecule has 0 bridgehead atoms. The van der Waals surface area contributed by atoms with Crippen molar-refractivity contribution in [3.05, 3.63) is 42.0 Å². The standard InChI is InChI=1S/C14H12FN5OS2/c1-22-14-20-13-10(23-14)12(17-6-18-13)19-9(11(16)21)7-2-4-8(15)5-3-7/h2-6,9H,1H3,(H2,16,21)(H,17,18,19). The quantitative estimate of drug-likeness (QED) is 0.688. The van der Waals surface area contributed by atoms with Crippen molar-refractivity contribution in [2.24, 2.45) is 5.73 Å². The van der Waals surface area contributed by atoms with E-state index in [2.05, 4.69) is 20.3 Å². The molecule has 1 amide bonds. The summed E-state index contributed by atoms with van der Waals surface area (Å²) < 4.78 is 14.7. The van der Waals surface area contributed by atoms with E-state index in [1.54, 1.807) is 0 Å². The minimum atomic E-state index is -0.825. The molecule has 0 aliphatic carbocycles. The van der Waals surface area contributed by atoms with Gasteiger partial charge in [0.05, 0.1) is 0 Å². The maximum Gasteiger partial charge on any atom is 0.244 e. The van der Waals surface area contributed by atoms with Crippen LogP contribution in [0.2, 0.25) is 0 Å². The van der Waals surface area contributed by atoms with Crippen molar-refractivity contribution in [1.29, 1.82) is 0 Å². The maximum absolute atomic E-state index is 13.1. The van der Waals surface area contributed by atoms with Crippen LogP contribution in [0.3, 0.4) is 0 Å². The van der Waals surface area contributed by atoms with Gasteiger partial charge in [0.25, 0.3) is 0 Å². The molecule has 23 heavy (non-hydrogen) atoms. The van der Waals surface area contributed by atoms with Crippen LogP contribution in [0.4, 0.5) is 10.2 Å². The first-order chi connectivity index (χ1) is 11.1. The third-order valence-corrected chi connectivity index (χ3v) is 5.15. The first-order valence-electron chi connectivity index (χ1n) is 6.55. The Morgan fingerprint density at radius 2 is 2.09 bits per heavy atom. The molecule has 0 radical (unpaired) electrons. The third kappa shape index (κ3) is 3.25. The molecule has 118 valence electrons. The second-order valence-corrected chi connectivity index (χ2v) is 6.64. The van der Waals surface area contributed by atoms with Crippen molar-refractivity contribution in [2.45, 2.75) is 10.4 Å². The number of thiazole rings is 1. The Morgan fingerprint density at radius 3 is 2.74 bits per heavy atom. The largest absolute Gasteiger partial charge is 0.368 e. The smallest absolute Gasteiger partial charge is 0.244 e. The zero-order valence-electron chi connectivity index (χ0n) is 12.0. The van der Waals surface area contributed by atoms with E-state index in [-0.39, 0.29) is 5.82 Å². The Bertz CT molecular complexity index is 852. The minimum Gasteiger partial charge on any atom is -0.368 e. The highest BCUT2D eigenvalue weighted by Gasteiger charge is 2.20. The molecular formula is C14H12FN5OS2. The summed E-state index contributed by atoms with van der Waals surface area (Å²) in [6, 6.07) is 4.75. The van der Waals surface area contributed by atoms with Gasteiger partial charge in [-0.25, -0.2) is 19.3 Å². The van der Waals surface area contributed by atoms with Crippen LogP contribution in [0, 0.1) is 5.82 Å². The van der Waals surface area contributed by atoms with E-state index < -0.39 is 11.9 Å². The molecule has 1 atom stereocenters. The lowest BCUT2D eigenvalue weighted by Gasteiger charge is -2.16. The number of rotatable bonds is 5. The van der Waals surface area contributed by atoms with Crippen LogP contribution in [0.5, 0.6) is 0 Å². The van der Waals surface area contributed by atoms with Crippen molar-refractivity contribution in [2.75, 3.05) is 11.6 Å². The third-order valence-electron chi connectivity index (χ3n) is 3.12. The van der Waals surface area contributed by atoms with Crippen molar-refractivity contribution >= 4 is 45.2 Å². The van der Waals surface area contributed by atoms with E-state index in [4.69, 9.17) is 5.73 Å². The number of aromatic nitrogens is 3. The van der Waals surface area contributed by atoms with Gasteiger partial charge in [-0.15, -0.1) is 11.3 Å². The number of benzene rings is 1. The zero-order valence-corrected chi connectivity index (χ0v) is 13.6. The molecule has 9 heteroatoms. The lowest BCUT2D eigenvalue weighted by Crippen LogP contribution is -2.28. The summed E-state index contributed by atoms with van der Waals surface area (Å²) in [6.07, 6.45) is 3.29. The van der Waals surface area contributed by atoms with Gasteiger partial charge in [-0.1, -0.05) is 23.9 Å². The zero-order chi connectivity index (χ0) is 16.4. The topological polar surface area (TPSA) is 93.8 Å². The van der Waals surface area contributed by atoms with Gasteiger partial charge < -0.3 is 11.1 Å². The molecule has 3 N–H and O–H groups in total. The number of nitrogens with one attached hydrogen (secondary N) is 1. The molecule has 2 aromatic heterocycles. The van der Waals surface area contributed by atoms with Crippen LogP contribution in [0.15, 0.2) is 34.9 Å². The second-order valence-electron chi connectivity index (χ2n) is 4.59. The molecule has 2 heterocycles. The number of carbonyl (C=O) groups excluding carboxylic acids is 1. The molecule has 0 spiro atoms. The average molecular weight is 349 g/mol. The number of thioether (sulfide) groups is 1. The van der Waals surface area contributed by atoms with Crippen LogP contribution >= 0.6 is 23.1 Å². The lowest BCUT2D eigenvalue weighted by molar-refractivity contribution is -0.118. The molecule has 0 fully saturated rings. The van der Waals surface area contributed by atoms with E-state index in [1.165, 1.54) is 53.7 Å². The number of hydrogen-bond donors (Lipinski definition) is 2. The normalized spacial score (nSPS) is 12.3. The summed E-state index contributed by atoms with van der Waals surface area (Å²) in [7, 11) is 0. The Morgan fingerprint density at radius 1 is 1.35 bits per heavy atom. The number of nitrogens with zero attached hydrogens (tertiary/aromatic N) is 3. The molecule has 0 aliphatic heterocycles. The van der Waals surface area contributed by atoms with Gasteiger partial charge in [0.1, 0.15) is 28.7 Å². The van der Waals surface area contributed by atoms with E-state index >= 15 is 0 Å². The highest BCUT2D eigenvalue weighted by Crippen LogP contribution is 2.32. The number of primary amides is 1. The van der Waals surface area contributed by atoms with Crippen LogP contribution in [-0.4, -0.2) is 27.1 Å². The van der Waals surface area contributed by atoms with Gasteiger partial charge in [-0.3, -0.25) is 4.79 Å². The SMILES string of the molecule is CSc1nc2ncnc(NC(C(N)=O)c3ccc(F)cc3)c2s1.